The Morgan fingerprint density at radius 2 is 2.08 bits per heavy atom. The molecule has 1 aliphatic rings. The number of hydrogen-bond donors (Lipinski definition) is 1. The third-order valence-corrected chi connectivity index (χ3v) is 4.78. The number of aromatic nitrogens is 3. The molecule has 6 heteroatoms. The molecule has 0 unspecified atom stereocenters. The van der Waals surface area contributed by atoms with Crippen molar-refractivity contribution in [3.63, 3.8) is 0 Å². The molecule has 0 bridgehead atoms. The summed E-state index contributed by atoms with van der Waals surface area (Å²) in [7, 11) is 0. The molecule has 0 amide bonds. The zero-order chi connectivity index (χ0) is 17.4. The molecule has 4 rings (SSSR count). The molecule has 0 saturated carbocycles. The number of carbonyl (C=O) groups excluding carboxylic acids is 1. The van der Waals surface area contributed by atoms with Gasteiger partial charge in [-0.15, -0.1) is 10.2 Å². The van der Waals surface area contributed by atoms with Gasteiger partial charge in [-0.2, -0.15) is 0 Å². The van der Waals surface area contributed by atoms with Crippen molar-refractivity contribution in [2.45, 2.75) is 52.1 Å². The fourth-order valence-corrected chi connectivity index (χ4v) is 3.53. The van der Waals surface area contributed by atoms with Crippen molar-refractivity contribution in [2.75, 3.05) is 0 Å². The maximum atomic E-state index is 12.7. The molecule has 0 aliphatic heterocycles. The lowest BCUT2D eigenvalue weighted by atomic mass is 10.0. The van der Waals surface area contributed by atoms with Gasteiger partial charge in [-0.3, -0.25) is 0 Å². The van der Waals surface area contributed by atoms with Gasteiger partial charge in [0.25, 0.3) is 5.89 Å². The minimum atomic E-state index is -0.586. The van der Waals surface area contributed by atoms with E-state index in [-0.39, 0.29) is 5.97 Å². The molecule has 25 heavy (non-hydrogen) atoms. The third-order valence-electron chi connectivity index (χ3n) is 4.78. The van der Waals surface area contributed by atoms with Crippen molar-refractivity contribution in [3.8, 4) is 0 Å². The van der Waals surface area contributed by atoms with Crippen LogP contribution in [-0.4, -0.2) is 21.2 Å². The van der Waals surface area contributed by atoms with Gasteiger partial charge in [0.2, 0.25) is 5.89 Å². The van der Waals surface area contributed by atoms with E-state index in [4.69, 9.17) is 9.15 Å². The molecule has 0 spiro atoms. The number of H-pyrrole nitrogens is 1. The van der Waals surface area contributed by atoms with Gasteiger partial charge in [-0.25, -0.2) is 4.79 Å². The van der Waals surface area contributed by atoms with Gasteiger partial charge in [0, 0.05) is 18.0 Å². The molecular weight excluding hydrogens is 318 g/mol. The first-order valence-corrected chi connectivity index (χ1v) is 8.77. The number of rotatable bonds is 3. The number of para-hydroxylation sites is 1. The van der Waals surface area contributed by atoms with Crippen molar-refractivity contribution < 1.29 is 13.9 Å². The topological polar surface area (TPSA) is 81.0 Å². The quantitative estimate of drug-likeness (QED) is 0.575. The van der Waals surface area contributed by atoms with E-state index in [1.165, 1.54) is 30.5 Å². The molecule has 0 radical (unpaired) electrons. The minimum Gasteiger partial charge on any atom is -0.449 e. The fourth-order valence-electron chi connectivity index (χ4n) is 3.53. The summed E-state index contributed by atoms with van der Waals surface area (Å²) in [5.41, 5.74) is 4.03. The average Bonchev–Trinajstić information content (AvgIpc) is 3.11. The first kappa shape index (κ1) is 15.9. The van der Waals surface area contributed by atoms with Crippen LogP contribution < -0.4 is 0 Å². The van der Waals surface area contributed by atoms with Crippen molar-refractivity contribution in [3.05, 3.63) is 46.8 Å². The highest BCUT2D eigenvalue weighted by Crippen LogP contribution is 2.31. The number of nitrogens with zero attached hydrogens (tertiary/aromatic N) is 2. The minimum absolute atomic E-state index is 0.306. The molecule has 2 heterocycles. The average molecular weight is 339 g/mol. The van der Waals surface area contributed by atoms with Gasteiger partial charge in [-0.05, 0) is 44.2 Å². The summed E-state index contributed by atoms with van der Waals surface area (Å²) in [4.78, 5) is 16.2. The highest BCUT2D eigenvalue weighted by Gasteiger charge is 2.22. The number of nitrogens with one attached hydrogen (secondary N) is 1. The van der Waals surface area contributed by atoms with E-state index >= 15 is 0 Å². The Hall–Kier alpha value is -2.63. The third kappa shape index (κ3) is 2.92. The van der Waals surface area contributed by atoms with Gasteiger partial charge in [-0.1, -0.05) is 18.6 Å². The molecule has 0 fully saturated rings. The van der Waals surface area contributed by atoms with Gasteiger partial charge < -0.3 is 14.1 Å². The van der Waals surface area contributed by atoms with Crippen LogP contribution in [0.25, 0.3) is 10.9 Å². The Morgan fingerprint density at radius 3 is 2.88 bits per heavy atom. The standard InChI is InChI=1S/C19H21N3O3/c1-11(18-22-21-12(2)25-18)24-19(23)15-9-6-8-14-13-7-4-3-5-10-16(13)20-17(14)15/h6,8-9,11,20H,3-5,7,10H2,1-2H3/t11-/m0/s1. The van der Waals surface area contributed by atoms with E-state index in [1.807, 2.05) is 6.07 Å². The molecule has 1 atom stereocenters. The van der Waals surface area contributed by atoms with Crippen LogP contribution in [0.3, 0.4) is 0 Å². The summed E-state index contributed by atoms with van der Waals surface area (Å²) >= 11 is 0. The largest absolute Gasteiger partial charge is 0.449 e. The van der Waals surface area contributed by atoms with Crippen LogP contribution in [0.2, 0.25) is 0 Å². The predicted molar refractivity (Wildman–Crippen MR) is 92.4 cm³/mol. The Labute approximate surface area is 145 Å². The first-order valence-electron chi connectivity index (χ1n) is 8.77. The highest BCUT2D eigenvalue weighted by molar-refractivity contribution is 6.04. The van der Waals surface area contributed by atoms with Gasteiger partial charge >= 0.3 is 5.97 Å². The molecule has 130 valence electrons. The summed E-state index contributed by atoms with van der Waals surface area (Å²) < 4.78 is 10.9. The van der Waals surface area contributed by atoms with E-state index < -0.39 is 6.10 Å². The molecule has 0 saturated heterocycles. The Kier molecular flexibility index (Phi) is 4.03. The zero-order valence-electron chi connectivity index (χ0n) is 14.5. The summed E-state index contributed by atoms with van der Waals surface area (Å²) in [5, 5.41) is 8.82. The van der Waals surface area contributed by atoms with Gasteiger partial charge in [0.05, 0.1) is 11.1 Å². The lowest BCUT2D eigenvalue weighted by Gasteiger charge is -2.10. The van der Waals surface area contributed by atoms with E-state index in [1.54, 1.807) is 19.9 Å². The highest BCUT2D eigenvalue weighted by atomic mass is 16.6. The van der Waals surface area contributed by atoms with Crippen molar-refractivity contribution >= 4 is 16.9 Å². The second kappa shape index (κ2) is 6.35. The summed E-state index contributed by atoms with van der Waals surface area (Å²) in [6.07, 6.45) is 5.15. The number of fused-ring (bicyclic) bond motifs is 3. The molecule has 1 N–H and O–H groups in total. The smallest absolute Gasteiger partial charge is 0.341 e. The summed E-state index contributed by atoms with van der Waals surface area (Å²) in [6.45, 7) is 3.44. The normalized spacial score (nSPS) is 15.6. The lowest BCUT2D eigenvalue weighted by molar-refractivity contribution is 0.0279. The van der Waals surface area contributed by atoms with Crippen LogP contribution in [-0.2, 0) is 17.6 Å². The van der Waals surface area contributed by atoms with Crippen molar-refractivity contribution in [2.24, 2.45) is 0 Å². The predicted octanol–water partition coefficient (Wildman–Crippen LogP) is 4.05. The SMILES string of the molecule is Cc1nnc([C@H](C)OC(=O)c2cccc3c4c([nH]c23)CCCCC4)o1. The number of hydrogen-bond acceptors (Lipinski definition) is 5. The maximum absolute atomic E-state index is 12.7. The molecule has 1 aliphatic carbocycles. The van der Waals surface area contributed by atoms with Crippen LogP contribution in [0.5, 0.6) is 0 Å². The molecular formula is C19H21N3O3. The summed E-state index contributed by atoms with van der Waals surface area (Å²) in [5.74, 6) is 0.374. The van der Waals surface area contributed by atoms with Crippen LogP contribution in [0.4, 0.5) is 0 Å². The van der Waals surface area contributed by atoms with Gasteiger partial charge in [0.1, 0.15) is 0 Å². The van der Waals surface area contributed by atoms with E-state index in [0.717, 1.165) is 23.7 Å². The number of aryl methyl sites for hydroxylation is 3. The maximum Gasteiger partial charge on any atom is 0.341 e. The monoisotopic (exact) mass is 339 g/mol. The van der Waals surface area contributed by atoms with Crippen molar-refractivity contribution in [1.29, 1.82) is 0 Å². The fraction of sp³-hybridized carbons (Fsp3) is 0.421. The molecule has 1 aromatic carbocycles. The lowest BCUT2D eigenvalue weighted by Crippen LogP contribution is -2.10. The first-order chi connectivity index (χ1) is 12.1. The van der Waals surface area contributed by atoms with Gasteiger partial charge in [0.15, 0.2) is 6.10 Å². The number of aromatic amines is 1. The van der Waals surface area contributed by atoms with Crippen LogP contribution in [0.1, 0.15) is 65.7 Å². The number of carbonyl (C=O) groups is 1. The Bertz CT molecular complexity index is 925. The second-order valence-corrected chi connectivity index (χ2v) is 6.58. The Morgan fingerprint density at radius 1 is 1.24 bits per heavy atom. The van der Waals surface area contributed by atoms with Crippen molar-refractivity contribution in [1.82, 2.24) is 15.2 Å². The van der Waals surface area contributed by atoms with Crippen LogP contribution >= 0.6 is 0 Å². The zero-order valence-corrected chi connectivity index (χ0v) is 14.5. The second-order valence-electron chi connectivity index (χ2n) is 6.58. The van der Waals surface area contributed by atoms with Crippen LogP contribution in [0, 0.1) is 6.92 Å². The Balaban J connectivity index is 1.65. The molecule has 3 aromatic rings. The molecule has 2 aromatic heterocycles. The number of esters is 1. The molecule has 6 nitrogen and oxygen atoms in total. The van der Waals surface area contributed by atoms with E-state index in [2.05, 4.69) is 21.2 Å². The van der Waals surface area contributed by atoms with E-state index in [9.17, 15) is 4.79 Å². The number of ether oxygens (including phenoxy) is 1. The summed E-state index contributed by atoms with van der Waals surface area (Å²) in [6, 6.07) is 5.79. The van der Waals surface area contributed by atoms with Crippen LogP contribution in [0.15, 0.2) is 22.6 Å². The van der Waals surface area contributed by atoms with E-state index in [0.29, 0.717) is 17.3 Å². The number of benzene rings is 1.